The molecule has 2 heterocycles. The molecule has 0 fully saturated rings. The summed E-state index contributed by atoms with van der Waals surface area (Å²) in [5.74, 6) is 0.435. The Labute approximate surface area is 153 Å². The molecule has 122 valence electrons. The average Bonchev–Trinajstić information content (AvgIpc) is 2.98. The third-order valence-electron chi connectivity index (χ3n) is 4.54. The van der Waals surface area contributed by atoms with Gasteiger partial charge in [0.25, 0.3) is 0 Å². The van der Waals surface area contributed by atoms with E-state index >= 15 is 0 Å². The highest BCUT2D eigenvalue weighted by Gasteiger charge is 2.26. The maximum atomic E-state index is 6.19. The summed E-state index contributed by atoms with van der Waals surface area (Å²) in [5, 5.41) is 7.47. The Morgan fingerprint density at radius 1 is 1.00 bits per heavy atom. The molecule has 1 aromatic heterocycles. The Balaban J connectivity index is 1.73. The molecule has 0 saturated carbocycles. The molecular weight excluding hydrogens is 350 g/mol. The molecule has 0 bridgehead atoms. The number of aliphatic imine (C=N–C) groups is 1. The molecule has 0 radical (unpaired) electrons. The molecule has 4 aromatic rings. The normalized spacial score (nSPS) is 16.5. The SMILES string of the molecule is NC1=NC(c2ccc3ccccc3c2)c2sc3ccc(Cl)cc3c2N1. The fraction of sp³-hybridized carbons (Fsp3) is 0.0500. The summed E-state index contributed by atoms with van der Waals surface area (Å²) in [4.78, 5) is 5.85. The molecular formula is C20H14ClN3S. The molecule has 5 heteroatoms. The van der Waals surface area contributed by atoms with Gasteiger partial charge in [0.15, 0.2) is 5.96 Å². The Morgan fingerprint density at radius 2 is 1.84 bits per heavy atom. The summed E-state index contributed by atoms with van der Waals surface area (Å²) < 4.78 is 1.18. The number of anilines is 1. The van der Waals surface area contributed by atoms with Crippen molar-refractivity contribution < 1.29 is 0 Å². The van der Waals surface area contributed by atoms with E-state index < -0.39 is 0 Å². The van der Waals surface area contributed by atoms with Crippen LogP contribution in [0, 0.1) is 0 Å². The molecule has 25 heavy (non-hydrogen) atoms. The first-order valence-corrected chi connectivity index (χ1v) is 9.19. The Bertz CT molecular complexity index is 1160. The molecule has 0 amide bonds. The van der Waals surface area contributed by atoms with Crippen molar-refractivity contribution in [1.82, 2.24) is 0 Å². The minimum absolute atomic E-state index is 0.1000. The Hall–Kier alpha value is -2.56. The first-order chi connectivity index (χ1) is 12.2. The lowest BCUT2D eigenvalue weighted by molar-refractivity contribution is 0.884. The molecule has 1 atom stereocenters. The van der Waals surface area contributed by atoms with Gasteiger partial charge in [-0.15, -0.1) is 11.3 Å². The lowest BCUT2D eigenvalue weighted by Crippen LogP contribution is -2.27. The lowest BCUT2D eigenvalue weighted by atomic mass is 9.99. The van der Waals surface area contributed by atoms with Crippen LogP contribution in [-0.2, 0) is 0 Å². The number of fused-ring (bicyclic) bond motifs is 4. The van der Waals surface area contributed by atoms with Crippen molar-refractivity contribution in [2.75, 3.05) is 5.32 Å². The summed E-state index contributed by atoms with van der Waals surface area (Å²) >= 11 is 7.92. The van der Waals surface area contributed by atoms with Crippen LogP contribution >= 0.6 is 22.9 Å². The van der Waals surface area contributed by atoms with Gasteiger partial charge in [-0.1, -0.05) is 48.0 Å². The first kappa shape index (κ1) is 14.8. The predicted molar refractivity (Wildman–Crippen MR) is 108 cm³/mol. The van der Waals surface area contributed by atoms with Gasteiger partial charge < -0.3 is 11.1 Å². The molecule has 1 aliphatic rings. The summed E-state index contributed by atoms with van der Waals surface area (Å²) in [5.41, 5.74) is 8.25. The number of guanidine groups is 1. The van der Waals surface area contributed by atoms with E-state index in [4.69, 9.17) is 17.3 Å². The summed E-state index contributed by atoms with van der Waals surface area (Å²) in [7, 11) is 0. The van der Waals surface area contributed by atoms with E-state index in [0.717, 1.165) is 21.7 Å². The van der Waals surface area contributed by atoms with E-state index in [1.807, 2.05) is 12.1 Å². The Morgan fingerprint density at radius 3 is 2.72 bits per heavy atom. The number of hydrogen-bond donors (Lipinski definition) is 2. The molecule has 5 rings (SSSR count). The number of nitrogens with zero attached hydrogens (tertiary/aromatic N) is 1. The van der Waals surface area contributed by atoms with Crippen LogP contribution in [0.2, 0.25) is 5.02 Å². The van der Waals surface area contributed by atoms with E-state index in [2.05, 4.69) is 58.8 Å². The summed E-state index contributed by atoms with van der Waals surface area (Å²) in [6.45, 7) is 0. The number of nitrogens with one attached hydrogen (secondary N) is 1. The quantitative estimate of drug-likeness (QED) is 0.466. The lowest BCUT2D eigenvalue weighted by Gasteiger charge is -2.21. The minimum atomic E-state index is -0.1000. The van der Waals surface area contributed by atoms with Crippen LogP contribution in [-0.4, -0.2) is 5.96 Å². The van der Waals surface area contributed by atoms with Crippen molar-refractivity contribution in [2.24, 2.45) is 10.7 Å². The molecule has 1 aliphatic heterocycles. The second kappa shape index (κ2) is 5.48. The van der Waals surface area contributed by atoms with Crippen LogP contribution in [0.3, 0.4) is 0 Å². The zero-order chi connectivity index (χ0) is 17.0. The third kappa shape index (κ3) is 2.37. The number of halogens is 1. The molecule has 0 saturated heterocycles. The van der Waals surface area contributed by atoms with Gasteiger partial charge in [-0.05, 0) is 40.6 Å². The van der Waals surface area contributed by atoms with Crippen molar-refractivity contribution in [3.63, 3.8) is 0 Å². The fourth-order valence-electron chi connectivity index (χ4n) is 3.37. The van der Waals surface area contributed by atoms with Gasteiger partial charge in [-0.25, -0.2) is 4.99 Å². The molecule has 3 aromatic carbocycles. The molecule has 3 nitrogen and oxygen atoms in total. The molecule has 0 aliphatic carbocycles. The van der Waals surface area contributed by atoms with Crippen molar-refractivity contribution in [1.29, 1.82) is 0 Å². The second-order valence-corrected chi connectivity index (χ2v) is 7.65. The van der Waals surface area contributed by atoms with E-state index in [1.54, 1.807) is 11.3 Å². The molecule has 1 unspecified atom stereocenters. The van der Waals surface area contributed by atoms with Gasteiger partial charge in [0.2, 0.25) is 0 Å². The van der Waals surface area contributed by atoms with Crippen molar-refractivity contribution in [3.8, 4) is 0 Å². The second-order valence-electron chi connectivity index (χ2n) is 6.13. The van der Waals surface area contributed by atoms with Crippen LogP contribution in [0.25, 0.3) is 20.9 Å². The number of thiophene rings is 1. The maximum absolute atomic E-state index is 6.19. The number of nitrogens with two attached hydrogens (primary N) is 1. The third-order valence-corrected chi connectivity index (χ3v) is 5.99. The van der Waals surface area contributed by atoms with Crippen LogP contribution in [0.1, 0.15) is 16.5 Å². The highest BCUT2D eigenvalue weighted by molar-refractivity contribution is 7.20. The first-order valence-electron chi connectivity index (χ1n) is 8.00. The number of benzene rings is 3. The smallest absolute Gasteiger partial charge is 0.194 e. The summed E-state index contributed by atoms with van der Waals surface area (Å²) in [6, 6.07) is 20.7. The topological polar surface area (TPSA) is 50.4 Å². The van der Waals surface area contributed by atoms with Crippen molar-refractivity contribution in [3.05, 3.63) is 76.1 Å². The number of hydrogen-bond acceptors (Lipinski definition) is 4. The Kier molecular flexibility index (Phi) is 3.23. The van der Waals surface area contributed by atoms with Crippen LogP contribution in [0.4, 0.5) is 5.69 Å². The summed E-state index contributed by atoms with van der Waals surface area (Å²) in [6.07, 6.45) is 0. The van der Waals surface area contributed by atoms with Crippen LogP contribution in [0.15, 0.2) is 65.7 Å². The fourth-order valence-corrected chi connectivity index (χ4v) is 4.75. The van der Waals surface area contributed by atoms with Gasteiger partial charge >= 0.3 is 0 Å². The van der Waals surface area contributed by atoms with Crippen LogP contribution in [0.5, 0.6) is 0 Å². The van der Waals surface area contributed by atoms with E-state index in [9.17, 15) is 0 Å². The standard InChI is InChI=1S/C20H14ClN3S/c21-14-7-8-16-15(10-14)18-19(25-16)17(23-20(22)24-18)13-6-5-11-3-1-2-4-12(11)9-13/h1-10,17H,(H3,22,23,24). The van der Waals surface area contributed by atoms with Gasteiger partial charge in [0.1, 0.15) is 6.04 Å². The predicted octanol–water partition coefficient (Wildman–Crippen LogP) is 5.54. The zero-order valence-electron chi connectivity index (χ0n) is 13.2. The molecule has 3 N–H and O–H groups in total. The minimum Gasteiger partial charge on any atom is -0.370 e. The maximum Gasteiger partial charge on any atom is 0.194 e. The van der Waals surface area contributed by atoms with Gasteiger partial charge in [0, 0.05) is 15.1 Å². The van der Waals surface area contributed by atoms with E-state index in [1.165, 1.54) is 20.3 Å². The monoisotopic (exact) mass is 363 g/mol. The average molecular weight is 364 g/mol. The van der Waals surface area contributed by atoms with Crippen LogP contribution < -0.4 is 11.1 Å². The highest BCUT2D eigenvalue weighted by atomic mass is 35.5. The zero-order valence-corrected chi connectivity index (χ0v) is 14.7. The molecule has 0 spiro atoms. The van der Waals surface area contributed by atoms with Crippen molar-refractivity contribution in [2.45, 2.75) is 6.04 Å². The van der Waals surface area contributed by atoms with E-state index in [0.29, 0.717) is 5.96 Å². The number of rotatable bonds is 1. The van der Waals surface area contributed by atoms with E-state index in [-0.39, 0.29) is 6.04 Å². The van der Waals surface area contributed by atoms with Gasteiger partial charge in [-0.3, -0.25) is 0 Å². The van der Waals surface area contributed by atoms with Gasteiger partial charge in [-0.2, -0.15) is 0 Å². The van der Waals surface area contributed by atoms with Gasteiger partial charge in [0.05, 0.1) is 10.6 Å². The highest BCUT2D eigenvalue weighted by Crippen LogP contribution is 2.46. The largest absolute Gasteiger partial charge is 0.370 e. The van der Waals surface area contributed by atoms with Crippen molar-refractivity contribution >= 4 is 55.4 Å².